The Morgan fingerprint density at radius 2 is 2.29 bits per heavy atom. The van der Waals surface area contributed by atoms with Gasteiger partial charge in [-0.1, -0.05) is 6.07 Å². The first-order valence-corrected chi connectivity index (χ1v) is 5.57. The molecule has 6 heteroatoms. The predicted molar refractivity (Wildman–Crippen MR) is 63.5 cm³/mol. The molecule has 88 valence electrons. The number of hydrogen-bond acceptors (Lipinski definition) is 4. The van der Waals surface area contributed by atoms with Crippen molar-refractivity contribution in [3.05, 3.63) is 41.3 Å². The summed E-state index contributed by atoms with van der Waals surface area (Å²) in [6.45, 7) is 1.62. The number of anilines is 2. The summed E-state index contributed by atoms with van der Waals surface area (Å²) in [6, 6.07) is 5.82. The van der Waals surface area contributed by atoms with E-state index in [4.69, 9.17) is 5.11 Å². The molecule has 0 unspecified atom stereocenters. The van der Waals surface area contributed by atoms with E-state index in [0.29, 0.717) is 16.4 Å². The van der Waals surface area contributed by atoms with Crippen molar-refractivity contribution in [3.63, 3.8) is 0 Å². The molecule has 0 saturated carbocycles. The zero-order valence-corrected chi connectivity index (χ0v) is 9.71. The zero-order valence-electron chi connectivity index (χ0n) is 8.90. The molecule has 0 aliphatic rings. The Balaban J connectivity index is 2.33. The van der Waals surface area contributed by atoms with E-state index in [-0.39, 0.29) is 11.4 Å². The Morgan fingerprint density at radius 3 is 2.94 bits per heavy atom. The van der Waals surface area contributed by atoms with Gasteiger partial charge in [0.25, 0.3) is 0 Å². The Hall–Kier alpha value is -1.95. The number of rotatable bonds is 3. The average Bonchev–Trinajstić information content (AvgIpc) is 2.59. The normalized spacial score (nSPS) is 10.2. The number of nitrogens with one attached hydrogen (secondary N) is 1. The van der Waals surface area contributed by atoms with Crippen LogP contribution in [0.5, 0.6) is 0 Å². The summed E-state index contributed by atoms with van der Waals surface area (Å²) in [5, 5.41) is 12.3. The van der Waals surface area contributed by atoms with Crippen LogP contribution >= 0.6 is 11.5 Å². The number of aryl methyl sites for hydroxylation is 1. The number of aromatic carboxylic acids is 1. The highest BCUT2D eigenvalue weighted by atomic mass is 32.1. The molecule has 0 saturated heterocycles. The maximum absolute atomic E-state index is 13.0. The third-order valence-corrected chi connectivity index (χ3v) is 3.01. The van der Waals surface area contributed by atoms with Crippen molar-refractivity contribution in [2.24, 2.45) is 0 Å². The second kappa shape index (κ2) is 4.50. The van der Waals surface area contributed by atoms with Crippen molar-refractivity contribution in [2.45, 2.75) is 6.92 Å². The first kappa shape index (κ1) is 11.5. The second-order valence-electron chi connectivity index (χ2n) is 3.41. The third-order valence-electron chi connectivity index (χ3n) is 2.16. The van der Waals surface area contributed by atoms with Crippen LogP contribution in [0.2, 0.25) is 0 Å². The Labute approximate surface area is 101 Å². The van der Waals surface area contributed by atoms with Crippen molar-refractivity contribution in [2.75, 3.05) is 5.32 Å². The molecule has 17 heavy (non-hydrogen) atoms. The fourth-order valence-corrected chi connectivity index (χ4v) is 2.21. The smallest absolute Gasteiger partial charge is 0.340 e. The summed E-state index contributed by atoms with van der Waals surface area (Å²) in [7, 11) is 0. The number of aromatic nitrogens is 1. The van der Waals surface area contributed by atoms with Gasteiger partial charge in [-0.25, -0.2) is 9.18 Å². The molecule has 0 aliphatic carbocycles. The van der Waals surface area contributed by atoms with Gasteiger partial charge in [0.15, 0.2) is 0 Å². The molecule has 4 nitrogen and oxygen atoms in total. The number of benzene rings is 1. The topological polar surface area (TPSA) is 62.2 Å². The van der Waals surface area contributed by atoms with Crippen LogP contribution in [-0.2, 0) is 0 Å². The van der Waals surface area contributed by atoms with Crippen LogP contribution in [0.15, 0.2) is 24.3 Å². The van der Waals surface area contributed by atoms with Crippen LogP contribution in [0.4, 0.5) is 15.1 Å². The lowest BCUT2D eigenvalue weighted by atomic mass is 10.2. The van der Waals surface area contributed by atoms with E-state index >= 15 is 0 Å². The zero-order chi connectivity index (χ0) is 12.4. The molecule has 1 heterocycles. The van der Waals surface area contributed by atoms with Crippen LogP contribution in [0.1, 0.15) is 16.1 Å². The van der Waals surface area contributed by atoms with Crippen LogP contribution < -0.4 is 5.32 Å². The monoisotopic (exact) mass is 252 g/mol. The maximum Gasteiger partial charge on any atom is 0.340 e. The lowest BCUT2D eigenvalue weighted by molar-refractivity contribution is 0.0697. The standard InChI is InChI=1S/C11H9FN2O2S/c1-6-9(11(15)16)10(17-14-6)13-8-4-2-3-7(12)5-8/h2-5,13H,1H3,(H,15,16). The molecule has 0 aliphatic heterocycles. The second-order valence-corrected chi connectivity index (χ2v) is 4.19. The van der Waals surface area contributed by atoms with Gasteiger partial charge in [-0.05, 0) is 36.7 Å². The van der Waals surface area contributed by atoms with Gasteiger partial charge in [0.2, 0.25) is 0 Å². The summed E-state index contributed by atoms with van der Waals surface area (Å²) in [5.74, 6) is -1.43. The summed E-state index contributed by atoms with van der Waals surface area (Å²) in [4.78, 5) is 11.0. The first-order valence-electron chi connectivity index (χ1n) is 4.80. The highest BCUT2D eigenvalue weighted by Gasteiger charge is 2.17. The largest absolute Gasteiger partial charge is 0.478 e. The van der Waals surface area contributed by atoms with Gasteiger partial charge < -0.3 is 10.4 Å². The molecule has 2 rings (SSSR count). The highest BCUT2D eigenvalue weighted by molar-refractivity contribution is 7.10. The Bertz CT molecular complexity index is 568. The van der Waals surface area contributed by atoms with Crippen molar-refractivity contribution >= 4 is 28.2 Å². The fraction of sp³-hybridized carbons (Fsp3) is 0.0909. The molecule has 1 aromatic carbocycles. The van der Waals surface area contributed by atoms with Crippen molar-refractivity contribution in [3.8, 4) is 0 Å². The predicted octanol–water partition coefficient (Wildman–Crippen LogP) is 3.03. The number of carbonyl (C=O) groups is 1. The van der Waals surface area contributed by atoms with Gasteiger partial charge in [0.1, 0.15) is 16.4 Å². The highest BCUT2D eigenvalue weighted by Crippen LogP contribution is 2.28. The van der Waals surface area contributed by atoms with Crippen LogP contribution in [0.3, 0.4) is 0 Å². The summed E-state index contributed by atoms with van der Waals surface area (Å²) in [5.41, 5.74) is 1.07. The van der Waals surface area contributed by atoms with Crippen molar-refractivity contribution in [1.82, 2.24) is 4.37 Å². The Morgan fingerprint density at radius 1 is 1.53 bits per heavy atom. The number of carboxylic acids is 1. The Kier molecular flexibility index (Phi) is 3.06. The molecule has 0 radical (unpaired) electrons. The van der Waals surface area contributed by atoms with Crippen LogP contribution in [0.25, 0.3) is 0 Å². The van der Waals surface area contributed by atoms with E-state index in [1.807, 2.05) is 0 Å². The van der Waals surface area contributed by atoms with Gasteiger partial charge in [-0.2, -0.15) is 4.37 Å². The summed E-state index contributed by atoms with van der Waals surface area (Å²) >= 11 is 1.04. The van der Waals surface area contributed by atoms with E-state index in [1.54, 1.807) is 19.1 Å². The van der Waals surface area contributed by atoms with E-state index < -0.39 is 5.97 Å². The number of carboxylic acid groups (broad SMARTS) is 1. The average molecular weight is 252 g/mol. The number of nitrogens with zero attached hydrogens (tertiary/aromatic N) is 1. The molecule has 0 atom stereocenters. The lowest BCUT2D eigenvalue weighted by Gasteiger charge is -2.04. The van der Waals surface area contributed by atoms with Crippen molar-refractivity contribution in [1.29, 1.82) is 0 Å². The third kappa shape index (κ3) is 2.42. The minimum atomic E-state index is -1.05. The van der Waals surface area contributed by atoms with Crippen molar-refractivity contribution < 1.29 is 14.3 Å². The molecule has 2 aromatic rings. The molecule has 0 spiro atoms. The molecule has 0 bridgehead atoms. The van der Waals surface area contributed by atoms with Gasteiger partial charge >= 0.3 is 5.97 Å². The minimum absolute atomic E-state index is 0.124. The summed E-state index contributed by atoms with van der Waals surface area (Å²) < 4.78 is 16.9. The summed E-state index contributed by atoms with van der Waals surface area (Å²) in [6.07, 6.45) is 0. The van der Waals surface area contributed by atoms with Gasteiger partial charge in [-0.3, -0.25) is 0 Å². The van der Waals surface area contributed by atoms with E-state index in [2.05, 4.69) is 9.69 Å². The molecule has 0 amide bonds. The van der Waals surface area contributed by atoms with Crippen LogP contribution in [0, 0.1) is 12.7 Å². The lowest BCUT2D eigenvalue weighted by Crippen LogP contribution is -2.01. The fourth-order valence-electron chi connectivity index (χ4n) is 1.40. The van der Waals surface area contributed by atoms with E-state index in [1.165, 1.54) is 12.1 Å². The molecular formula is C11H9FN2O2S. The first-order chi connectivity index (χ1) is 8.08. The van der Waals surface area contributed by atoms with E-state index in [9.17, 15) is 9.18 Å². The van der Waals surface area contributed by atoms with Gasteiger partial charge in [0.05, 0.1) is 5.69 Å². The van der Waals surface area contributed by atoms with Gasteiger partial charge in [-0.15, -0.1) is 0 Å². The minimum Gasteiger partial charge on any atom is -0.478 e. The van der Waals surface area contributed by atoms with Gasteiger partial charge in [0, 0.05) is 5.69 Å². The number of halogens is 1. The van der Waals surface area contributed by atoms with Crippen LogP contribution in [-0.4, -0.2) is 15.4 Å². The molecule has 2 N–H and O–H groups in total. The number of hydrogen-bond donors (Lipinski definition) is 2. The quantitative estimate of drug-likeness (QED) is 0.881. The maximum atomic E-state index is 13.0. The van der Waals surface area contributed by atoms with E-state index in [0.717, 1.165) is 11.5 Å². The SMILES string of the molecule is Cc1nsc(Nc2cccc(F)c2)c1C(=O)O. The molecular weight excluding hydrogens is 243 g/mol. The molecule has 1 aromatic heterocycles. The molecule has 0 fully saturated rings.